The number of alkyl halides is 2. The smallest absolute Gasteiger partial charge is 0.322 e. The molecular weight excluding hydrogens is 746 g/mol. The summed E-state index contributed by atoms with van der Waals surface area (Å²) in [6.07, 6.45) is 22.9. The van der Waals surface area contributed by atoms with Crippen molar-refractivity contribution in [2.24, 2.45) is 0 Å². The second-order valence-corrected chi connectivity index (χ2v) is 17.7. The van der Waals surface area contributed by atoms with Crippen LogP contribution in [0.25, 0.3) is 0 Å². The molecule has 46 heavy (non-hydrogen) atoms. The van der Waals surface area contributed by atoms with Crippen molar-refractivity contribution < 1.29 is 19.4 Å². The fourth-order valence-corrected chi connectivity index (χ4v) is 4.48. The molecule has 0 unspecified atom stereocenters. The molecule has 0 bridgehead atoms. The number of nitrogens with zero attached hydrogens (tertiary/aromatic N) is 1. The molecule has 0 aromatic heterocycles. The van der Waals surface area contributed by atoms with Gasteiger partial charge in [0.2, 0.25) is 0 Å². The highest BCUT2D eigenvalue weighted by atomic mass is 79.9. The second kappa shape index (κ2) is 40.2. The first-order valence-electron chi connectivity index (χ1n) is 18.3. The molecule has 0 saturated heterocycles. The molecule has 0 aliphatic carbocycles. The predicted molar refractivity (Wildman–Crippen MR) is 219 cm³/mol. The zero-order valence-electron chi connectivity index (χ0n) is 31.4. The van der Waals surface area contributed by atoms with Crippen LogP contribution in [0.5, 0.6) is 0 Å². The van der Waals surface area contributed by atoms with E-state index in [4.69, 9.17) is 9.84 Å². The molecular formula is C37H77Br2NO4S2. The lowest BCUT2D eigenvalue weighted by molar-refractivity contribution is -0.145. The number of ether oxygens (including phenoxy) is 1. The molecule has 0 fully saturated rings. The number of esters is 1. The number of hydrogen-bond donors (Lipinski definition) is 3. The second-order valence-electron chi connectivity index (χ2n) is 12.8. The molecule has 0 heterocycles. The van der Waals surface area contributed by atoms with Gasteiger partial charge in [0.1, 0.15) is 10.1 Å². The Labute approximate surface area is 315 Å². The van der Waals surface area contributed by atoms with Gasteiger partial charge in [-0.05, 0) is 91.4 Å². The maximum absolute atomic E-state index is 11.5. The zero-order valence-corrected chi connectivity index (χ0v) is 36.4. The maximum atomic E-state index is 11.5. The van der Waals surface area contributed by atoms with Crippen molar-refractivity contribution in [3.8, 4) is 0 Å². The third-order valence-electron chi connectivity index (χ3n) is 7.52. The quantitative estimate of drug-likeness (QED) is 0.0351. The van der Waals surface area contributed by atoms with Crippen molar-refractivity contribution in [2.45, 2.75) is 180 Å². The third-order valence-corrected chi connectivity index (χ3v) is 9.03. The number of halogens is 2. The largest absolute Gasteiger partial charge is 0.465 e. The fraction of sp³-hybridized carbons (Fsp3) is 0.946. The Balaban J connectivity index is -0.000000281. The maximum Gasteiger partial charge on any atom is 0.322 e. The van der Waals surface area contributed by atoms with E-state index in [0.29, 0.717) is 13.2 Å². The van der Waals surface area contributed by atoms with Gasteiger partial charge in [0.15, 0.2) is 0 Å². The van der Waals surface area contributed by atoms with Crippen molar-refractivity contribution >= 4 is 68.9 Å². The molecule has 0 radical (unpaired) electrons. The first-order chi connectivity index (χ1) is 21.7. The summed E-state index contributed by atoms with van der Waals surface area (Å²) in [7, 11) is 0. The van der Waals surface area contributed by atoms with Crippen LogP contribution in [0.2, 0.25) is 0 Å². The van der Waals surface area contributed by atoms with Crippen LogP contribution in [0, 0.1) is 0 Å². The van der Waals surface area contributed by atoms with Crippen LogP contribution in [0.4, 0.5) is 0 Å². The molecule has 0 saturated carbocycles. The molecule has 0 aliphatic rings. The summed E-state index contributed by atoms with van der Waals surface area (Å²) in [5.74, 6) is 2.05. The van der Waals surface area contributed by atoms with Crippen LogP contribution in [-0.2, 0) is 14.3 Å². The van der Waals surface area contributed by atoms with Crippen LogP contribution in [0.3, 0.4) is 0 Å². The first kappa shape index (κ1) is 53.5. The summed E-state index contributed by atoms with van der Waals surface area (Å²) < 4.78 is 4.30. The van der Waals surface area contributed by atoms with E-state index in [-0.39, 0.29) is 16.1 Å². The number of aliphatic hydroxyl groups is 1. The SMILES string of the molecule is CC(=O)C(C)(C)Br.CC(C)(Br)C(=O)OCCCCCCCCCCCS.CCN(CC)CC.OCCCCCCCCCCCS. The third kappa shape index (κ3) is 49.1. The summed E-state index contributed by atoms with van der Waals surface area (Å²) in [4.78, 5) is 24.2. The van der Waals surface area contributed by atoms with E-state index in [1.54, 1.807) is 6.92 Å². The molecule has 0 atom stereocenters. The highest BCUT2D eigenvalue weighted by molar-refractivity contribution is 9.10. The molecule has 9 heteroatoms. The van der Waals surface area contributed by atoms with E-state index >= 15 is 0 Å². The van der Waals surface area contributed by atoms with Crippen LogP contribution < -0.4 is 0 Å². The van der Waals surface area contributed by atoms with Crippen molar-refractivity contribution in [3.05, 3.63) is 0 Å². The van der Waals surface area contributed by atoms with Gasteiger partial charge in [-0.3, -0.25) is 9.59 Å². The van der Waals surface area contributed by atoms with E-state index < -0.39 is 4.32 Å². The van der Waals surface area contributed by atoms with E-state index in [2.05, 4.69) is 82.8 Å². The number of ketones is 1. The van der Waals surface area contributed by atoms with Crippen molar-refractivity contribution in [1.29, 1.82) is 0 Å². The summed E-state index contributed by atoms with van der Waals surface area (Å²) in [6, 6.07) is 0. The Morgan fingerprint density at radius 3 is 1.09 bits per heavy atom. The van der Waals surface area contributed by atoms with E-state index in [9.17, 15) is 9.59 Å². The number of thiol groups is 2. The number of aliphatic hydroxyl groups excluding tert-OH is 1. The minimum atomic E-state index is -0.556. The van der Waals surface area contributed by atoms with Gasteiger partial charge in [-0.15, -0.1) is 0 Å². The van der Waals surface area contributed by atoms with Crippen molar-refractivity contribution in [2.75, 3.05) is 44.4 Å². The predicted octanol–water partition coefficient (Wildman–Crippen LogP) is 11.7. The number of hydrogen-bond acceptors (Lipinski definition) is 7. The van der Waals surface area contributed by atoms with Gasteiger partial charge in [-0.2, -0.15) is 25.3 Å². The van der Waals surface area contributed by atoms with Gasteiger partial charge in [-0.25, -0.2) is 0 Å². The van der Waals surface area contributed by atoms with Crippen LogP contribution in [0.15, 0.2) is 0 Å². The lowest BCUT2D eigenvalue weighted by atomic mass is 10.1. The zero-order chi connectivity index (χ0) is 36.1. The molecule has 280 valence electrons. The summed E-state index contributed by atoms with van der Waals surface area (Å²) in [5.41, 5.74) is 0. The van der Waals surface area contributed by atoms with Crippen LogP contribution in [0.1, 0.15) is 171 Å². The molecule has 1 N–H and O–H groups in total. The minimum Gasteiger partial charge on any atom is -0.465 e. The Morgan fingerprint density at radius 1 is 0.587 bits per heavy atom. The van der Waals surface area contributed by atoms with Crippen LogP contribution in [-0.4, -0.2) is 74.8 Å². The normalized spacial score (nSPS) is 11.1. The van der Waals surface area contributed by atoms with Gasteiger partial charge >= 0.3 is 5.97 Å². The van der Waals surface area contributed by atoms with Crippen molar-refractivity contribution in [3.63, 3.8) is 0 Å². The molecule has 5 nitrogen and oxygen atoms in total. The Hall–Kier alpha value is 0.720. The summed E-state index contributed by atoms with van der Waals surface area (Å²) in [6.45, 7) is 19.9. The molecule has 0 amide bonds. The van der Waals surface area contributed by atoms with Gasteiger partial charge < -0.3 is 14.7 Å². The topological polar surface area (TPSA) is 66.8 Å². The van der Waals surface area contributed by atoms with Gasteiger partial charge in [0.25, 0.3) is 0 Å². The van der Waals surface area contributed by atoms with E-state index in [0.717, 1.165) is 30.8 Å². The monoisotopic (exact) mass is 821 g/mol. The number of Topliss-reactive ketones (excluding diaryl/α,β-unsaturated/α-hetero) is 1. The number of rotatable bonds is 26. The fourth-order valence-electron chi connectivity index (χ4n) is 3.92. The summed E-state index contributed by atoms with van der Waals surface area (Å²) >= 11 is 14.9. The average Bonchev–Trinajstić information content (AvgIpc) is 3.00. The Kier molecular flexibility index (Phi) is 46.7. The molecule has 0 aliphatic heterocycles. The van der Waals surface area contributed by atoms with Gasteiger partial charge in [-0.1, -0.05) is 143 Å². The summed E-state index contributed by atoms with van der Waals surface area (Å²) in [5, 5.41) is 8.56. The minimum absolute atomic E-state index is 0.160. The lowest BCUT2D eigenvalue weighted by Crippen LogP contribution is -2.26. The van der Waals surface area contributed by atoms with Crippen molar-refractivity contribution in [1.82, 2.24) is 4.90 Å². The number of carbonyl (C=O) groups is 2. The molecule has 0 aromatic rings. The standard InChI is InChI=1S/C15H29BrO2S.C11H24OS.C6H15N.C5H9BrO/c1-15(2,16)14(17)18-12-10-8-6-4-3-5-7-9-11-13-19;12-10-8-6-4-2-1-3-5-7-9-11-13;1-4-7(5-2)6-3;1-4(7)5(2,3)6/h19H,3-13H2,1-2H3;12-13H,1-11H2;4-6H2,1-3H3;1-3H3. The average molecular weight is 824 g/mol. The Morgan fingerprint density at radius 2 is 0.870 bits per heavy atom. The highest BCUT2D eigenvalue weighted by Crippen LogP contribution is 2.18. The highest BCUT2D eigenvalue weighted by Gasteiger charge is 2.25. The number of unbranched alkanes of at least 4 members (excludes halogenated alkanes) is 16. The lowest BCUT2D eigenvalue weighted by Gasteiger charge is -2.14. The molecule has 0 spiro atoms. The van der Waals surface area contributed by atoms with Gasteiger partial charge in [0.05, 0.1) is 10.9 Å². The van der Waals surface area contributed by atoms with E-state index in [1.807, 2.05) is 27.7 Å². The molecule has 0 aromatic carbocycles. The first-order valence-corrected chi connectivity index (χ1v) is 21.1. The Bertz CT molecular complexity index is 610. The number of carbonyl (C=O) groups excluding carboxylic acids is 2. The van der Waals surface area contributed by atoms with E-state index in [1.165, 1.54) is 116 Å². The molecule has 0 rings (SSSR count). The van der Waals surface area contributed by atoms with Crippen LogP contribution >= 0.6 is 57.1 Å². The van der Waals surface area contributed by atoms with Gasteiger partial charge in [0, 0.05) is 6.61 Å².